The molecule has 0 aromatic carbocycles. The number of nitriles is 1. The minimum Gasteiger partial charge on any atom is -0.337 e. The summed E-state index contributed by atoms with van der Waals surface area (Å²) >= 11 is 0. The summed E-state index contributed by atoms with van der Waals surface area (Å²) < 4.78 is 0. The summed E-state index contributed by atoms with van der Waals surface area (Å²) in [7, 11) is 0. The molecule has 0 N–H and O–H groups in total. The number of carbonyl (C=O) groups is 1. The average molecular weight is 247 g/mol. The van der Waals surface area contributed by atoms with E-state index in [9.17, 15) is 10.1 Å². The van der Waals surface area contributed by atoms with Crippen molar-refractivity contribution in [2.24, 2.45) is 5.92 Å². The largest absolute Gasteiger partial charge is 0.337 e. The smallest absolute Gasteiger partial charge is 0.222 e. The lowest BCUT2D eigenvalue weighted by Crippen LogP contribution is -2.56. The van der Waals surface area contributed by atoms with E-state index in [-0.39, 0.29) is 5.92 Å². The van der Waals surface area contributed by atoms with Crippen molar-refractivity contribution in [1.29, 1.82) is 5.26 Å². The molecule has 3 aliphatic rings. The number of nitrogens with zero attached hydrogens (tertiary/aromatic N) is 3. The van der Waals surface area contributed by atoms with E-state index < -0.39 is 0 Å². The van der Waals surface area contributed by atoms with Crippen LogP contribution in [0.4, 0.5) is 0 Å². The van der Waals surface area contributed by atoms with Crippen LogP contribution in [0, 0.1) is 17.2 Å². The summed E-state index contributed by atoms with van der Waals surface area (Å²) in [4.78, 5) is 16.2. The first kappa shape index (κ1) is 12.0. The quantitative estimate of drug-likeness (QED) is 0.703. The van der Waals surface area contributed by atoms with Gasteiger partial charge in [0.15, 0.2) is 0 Å². The van der Waals surface area contributed by atoms with E-state index >= 15 is 0 Å². The van der Waals surface area contributed by atoms with Gasteiger partial charge in [0.2, 0.25) is 5.91 Å². The molecular weight excluding hydrogens is 226 g/mol. The molecule has 3 rings (SSSR count). The molecule has 0 bridgehead atoms. The summed E-state index contributed by atoms with van der Waals surface area (Å²) in [5.41, 5.74) is 0. The molecule has 2 heterocycles. The lowest BCUT2D eigenvalue weighted by atomic mass is 9.84. The number of piperazine rings is 1. The molecule has 4 heteroatoms. The fourth-order valence-electron chi connectivity index (χ4n) is 3.89. The minimum absolute atomic E-state index is 0.211. The summed E-state index contributed by atoms with van der Waals surface area (Å²) in [6.07, 6.45) is 6.43. The van der Waals surface area contributed by atoms with Crippen LogP contribution in [0.2, 0.25) is 0 Å². The second kappa shape index (κ2) is 4.89. The highest BCUT2D eigenvalue weighted by Crippen LogP contribution is 2.31. The second-order valence-corrected chi connectivity index (χ2v) is 5.86. The van der Waals surface area contributed by atoms with Crippen molar-refractivity contribution in [3.63, 3.8) is 0 Å². The van der Waals surface area contributed by atoms with Gasteiger partial charge in [-0.15, -0.1) is 0 Å². The van der Waals surface area contributed by atoms with E-state index in [0.29, 0.717) is 18.0 Å². The van der Waals surface area contributed by atoms with Gasteiger partial charge in [0.25, 0.3) is 0 Å². The molecular formula is C14H21N3O. The summed E-state index contributed by atoms with van der Waals surface area (Å²) in [6, 6.07) is 3.37. The molecule has 2 saturated heterocycles. The molecule has 0 radical (unpaired) electrons. The van der Waals surface area contributed by atoms with Gasteiger partial charge < -0.3 is 4.90 Å². The zero-order valence-electron chi connectivity index (χ0n) is 10.8. The van der Waals surface area contributed by atoms with Gasteiger partial charge in [-0.25, -0.2) is 0 Å². The number of rotatable bonds is 1. The van der Waals surface area contributed by atoms with Crippen LogP contribution < -0.4 is 0 Å². The monoisotopic (exact) mass is 247 g/mol. The molecule has 0 aromatic heterocycles. The molecule has 3 fully saturated rings. The van der Waals surface area contributed by atoms with E-state index in [1.165, 1.54) is 19.3 Å². The zero-order valence-corrected chi connectivity index (χ0v) is 10.8. The Morgan fingerprint density at radius 2 is 2.00 bits per heavy atom. The molecule has 18 heavy (non-hydrogen) atoms. The van der Waals surface area contributed by atoms with Crippen molar-refractivity contribution < 1.29 is 4.79 Å². The molecule has 3 unspecified atom stereocenters. The number of hydrogen-bond donors (Lipinski definition) is 0. The first-order chi connectivity index (χ1) is 8.79. The number of amides is 1. The lowest BCUT2D eigenvalue weighted by molar-refractivity contribution is -0.131. The highest BCUT2D eigenvalue weighted by atomic mass is 16.2. The average Bonchev–Trinajstić information content (AvgIpc) is 2.80. The predicted molar refractivity (Wildman–Crippen MR) is 67.7 cm³/mol. The van der Waals surface area contributed by atoms with Crippen molar-refractivity contribution in [2.45, 2.75) is 50.6 Å². The predicted octanol–water partition coefficient (Wildman–Crippen LogP) is 1.38. The fourth-order valence-corrected chi connectivity index (χ4v) is 3.89. The number of carbonyl (C=O) groups excluding carboxylic acids is 1. The topological polar surface area (TPSA) is 47.3 Å². The Kier molecular flexibility index (Phi) is 3.25. The fraction of sp³-hybridized carbons (Fsp3) is 0.857. The van der Waals surface area contributed by atoms with Crippen LogP contribution in [-0.4, -0.2) is 47.4 Å². The third-order valence-electron chi connectivity index (χ3n) is 4.89. The Hall–Kier alpha value is -1.08. The Labute approximate surface area is 109 Å². The van der Waals surface area contributed by atoms with Gasteiger partial charge in [0.1, 0.15) is 0 Å². The van der Waals surface area contributed by atoms with Crippen molar-refractivity contribution in [2.75, 3.05) is 19.6 Å². The molecule has 98 valence electrons. The third-order valence-corrected chi connectivity index (χ3v) is 4.89. The Bertz CT molecular complexity index is 376. The second-order valence-electron chi connectivity index (χ2n) is 5.86. The standard InChI is InChI=1S/C14H21N3O/c15-9-11-3-1-2-4-13(11)16-7-8-17-12(10-16)5-6-14(17)18/h11-13H,1-8,10H2. The van der Waals surface area contributed by atoms with Crippen LogP contribution in [0.3, 0.4) is 0 Å². The highest BCUT2D eigenvalue weighted by molar-refractivity contribution is 5.78. The Morgan fingerprint density at radius 1 is 1.17 bits per heavy atom. The van der Waals surface area contributed by atoms with Gasteiger partial charge in [-0.2, -0.15) is 5.26 Å². The van der Waals surface area contributed by atoms with Crippen LogP contribution >= 0.6 is 0 Å². The summed E-state index contributed by atoms with van der Waals surface area (Å²) in [5, 5.41) is 9.28. The zero-order chi connectivity index (χ0) is 12.5. The van der Waals surface area contributed by atoms with E-state index in [1.54, 1.807) is 0 Å². The Balaban J connectivity index is 1.67. The molecule has 1 amide bonds. The molecule has 1 saturated carbocycles. The SMILES string of the molecule is N#CC1CCCCC1N1CCN2C(=O)CCC2C1. The Morgan fingerprint density at radius 3 is 2.83 bits per heavy atom. The van der Waals surface area contributed by atoms with Crippen LogP contribution in [0.5, 0.6) is 0 Å². The highest BCUT2D eigenvalue weighted by Gasteiger charge is 2.39. The van der Waals surface area contributed by atoms with Gasteiger partial charge in [-0.05, 0) is 19.3 Å². The first-order valence-corrected chi connectivity index (χ1v) is 7.22. The normalized spacial score (nSPS) is 37.4. The van der Waals surface area contributed by atoms with Gasteiger partial charge >= 0.3 is 0 Å². The van der Waals surface area contributed by atoms with Gasteiger partial charge in [-0.1, -0.05) is 12.8 Å². The molecule has 3 atom stereocenters. The lowest BCUT2D eigenvalue weighted by Gasteiger charge is -2.44. The van der Waals surface area contributed by atoms with Crippen LogP contribution in [0.1, 0.15) is 38.5 Å². The summed E-state index contributed by atoms with van der Waals surface area (Å²) in [5.74, 6) is 0.544. The summed E-state index contributed by atoms with van der Waals surface area (Å²) in [6.45, 7) is 2.83. The maximum Gasteiger partial charge on any atom is 0.222 e. The van der Waals surface area contributed by atoms with Crippen LogP contribution in [0.15, 0.2) is 0 Å². The third kappa shape index (κ3) is 2.01. The number of fused-ring (bicyclic) bond motifs is 1. The maximum atomic E-state index is 11.7. The van der Waals surface area contributed by atoms with Gasteiger partial charge in [0.05, 0.1) is 12.0 Å². The molecule has 0 spiro atoms. The number of hydrogen-bond acceptors (Lipinski definition) is 3. The van der Waals surface area contributed by atoms with Crippen LogP contribution in [-0.2, 0) is 4.79 Å². The molecule has 4 nitrogen and oxygen atoms in total. The molecule has 1 aliphatic carbocycles. The van der Waals surface area contributed by atoms with Crippen LogP contribution in [0.25, 0.3) is 0 Å². The van der Waals surface area contributed by atoms with Crippen molar-refractivity contribution >= 4 is 5.91 Å². The van der Waals surface area contributed by atoms with Crippen molar-refractivity contribution in [3.8, 4) is 6.07 Å². The van der Waals surface area contributed by atoms with Gasteiger partial charge in [-0.3, -0.25) is 9.69 Å². The van der Waals surface area contributed by atoms with Crippen molar-refractivity contribution in [3.05, 3.63) is 0 Å². The van der Waals surface area contributed by atoms with Crippen molar-refractivity contribution in [1.82, 2.24) is 9.80 Å². The van der Waals surface area contributed by atoms with E-state index in [2.05, 4.69) is 15.9 Å². The minimum atomic E-state index is 0.211. The molecule has 0 aromatic rings. The maximum absolute atomic E-state index is 11.7. The van der Waals surface area contributed by atoms with Gasteiger partial charge in [0, 0.05) is 38.1 Å². The van der Waals surface area contributed by atoms with E-state index in [0.717, 1.165) is 38.9 Å². The first-order valence-electron chi connectivity index (χ1n) is 7.22. The van der Waals surface area contributed by atoms with E-state index in [1.807, 2.05) is 0 Å². The van der Waals surface area contributed by atoms with E-state index in [4.69, 9.17) is 0 Å². The molecule has 2 aliphatic heterocycles.